The molecule has 4 nitrogen and oxygen atoms in total. The molecule has 0 aromatic carbocycles. The summed E-state index contributed by atoms with van der Waals surface area (Å²) in [6.07, 6.45) is -3.11. The third-order valence-electron chi connectivity index (χ3n) is 2.52. The molecule has 1 rings (SSSR count). The average Bonchev–Trinajstić information content (AvgIpc) is 2.36. The molecule has 2 N–H and O–H groups in total. The molecule has 0 radical (unpaired) electrons. The van der Waals surface area contributed by atoms with Gasteiger partial charge >= 0.3 is 6.18 Å². The Bertz CT molecular complexity index is 360. The lowest BCUT2D eigenvalue weighted by atomic mass is 10.2. The van der Waals surface area contributed by atoms with Crippen LogP contribution in [0.5, 0.6) is 0 Å². The Morgan fingerprint density at radius 2 is 2.11 bits per heavy atom. The number of nitrogens with zero attached hydrogens (tertiary/aromatic N) is 2. The minimum atomic E-state index is -4.24. The predicted molar refractivity (Wildman–Crippen MR) is 63.3 cm³/mol. The van der Waals surface area contributed by atoms with Gasteiger partial charge in [-0.25, -0.2) is 0 Å². The highest BCUT2D eigenvalue weighted by Gasteiger charge is 2.28. The summed E-state index contributed by atoms with van der Waals surface area (Å²) in [7, 11) is 0. The molecular formula is C12H17F3N2O2. The molecule has 0 bridgehead atoms. The first-order valence-corrected chi connectivity index (χ1v) is 5.87. The van der Waals surface area contributed by atoms with E-state index in [1.54, 1.807) is 24.5 Å². The Balaban J connectivity index is 2.58. The second-order valence-corrected chi connectivity index (χ2v) is 4.30. The van der Waals surface area contributed by atoms with Crippen molar-refractivity contribution in [3.05, 3.63) is 30.1 Å². The SMILES string of the molecule is OC[C@@H](O)CN(CCC(F)(F)F)Cc1cccnc1. The van der Waals surface area contributed by atoms with Gasteiger partial charge in [-0.05, 0) is 11.6 Å². The zero-order chi connectivity index (χ0) is 14.3. The minimum absolute atomic E-state index is 0.0124. The lowest BCUT2D eigenvalue weighted by Crippen LogP contribution is -2.36. The van der Waals surface area contributed by atoms with Crippen molar-refractivity contribution in [1.29, 1.82) is 0 Å². The highest BCUT2D eigenvalue weighted by molar-refractivity contribution is 5.08. The van der Waals surface area contributed by atoms with Crippen LogP contribution in [0.1, 0.15) is 12.0 Å². The number of hydrogen-bond acceptors (Lipinski definition) is 4. The standard InChI is InChI=1S/C12H17F3N2O2/c13-12(14,15)3-5-17(8-11(19)9-18)7-10-2-1-4-16-6-10/h1-2,4,6,11,18-19H,3,5,7-9H2/t11-/m0/s1. The van der Waals surface area contributed by atoms with Crippen LogP contribution >= 0.6 is 0 Å². The second kappa shape index (κ2) is 7.42. The van der Waals surface area contributed by atoms with Gasteiger partial charge in [0.1, 0.15) is 0 Å². The molecule has 1 heterocycles. The van der Waals surface area contributed by atoms with E-state index in [0.29, 0.717) is 0 Å². The fraction of sp³-hybridized carbons (Fsp3) is 0.583. The Kier molecular flexibility index (Phi) is 6.20. The van der Waals surface area contributed by atoms with Crippen molar-refractivity contribution in [1.82, 2.24) is 9.88 Å². The van der Waals surface area contributed by atoms with Crippen LogP contribution in [0.2, 0.25) is 0 Å². The Morgan fingerprint density at radius 1 is 1.37 bits per heavy atom. The van der Waals surface area contributed by atoms with Crippen LogP contribution < -0.4 is 0 Å². The quantitative estimate of drug-likeness (QED) is 0.786. The third-order valence-corrected chi connectivity index (χ3v) is 2.52. The molecule has 0 saturated carbocycles. The first kappa shape index (κ1) is 15.9. The molecule has 19 heavy (non-hydrogen) atoms. The van der Waals surface area contributed by atoms with E-state index in [4.69, 9.17) is 5.11 Å². The summed E-state index contributed by atoms with van der Waals surface area (Å²) in [6.45, 7) is -0.465. The monoisotopic (exact) mass is 278 g/mol. The molecule has 7 heteroatoms. The zero-order valence-corrected chi connectivity index (χ0v) is 10.3. The number of hydrogen-bond donors (Lipinski definition) is 2. The summed E-state index contributed by atoms with van der Waals surface area (Å²) in [5.74, 6) is 0. The first-order valence-electron chi connectivity index (χ1n) is 5.87. The van der Waals surface area contributed by atoms with Crippen molar-refractivity contribution >= 4 is 0 Å². The van der Waals surface area contributed by atoms with Crippen LogP contribution in [0.3, 0.4) is 0 Å². The van der Waals surface area contributed by atoms with Crippen LogP contribution in [0.15, 0.2) is 24.5 Å². The van der Waals surface area contributed by atoms with E-state index in [9.17, 15) is 18.3 Å². The van der Waals surface area contributed by atoms with Gasteiger partial charge in [0.15, 0.2) is 0 Å². The topological polar surface area (TPSA) is 56.6 Å². The van der Waals surface area contributed by atoms with Crippen molar-refractivity contribution in [3.8, 4) is 0 Å². The smallest absolute Gasteiger partial charge is 0.390 e. The van der Waals surface area contributed by atoms with Gasteiger partial charge in [-0.15, -0.1) is 0 Å². The van der Waals surface area contributed by atoms with Crippen molar-refractivity contribution in [2.45, 2.75) is 25.2 Å². The molecule has 0 aliphatic carbocycles. The van der Waals surface area contributed by atoms with Crippen LogP contribution in [0, 0.1) is 0 Å². The molecule has 0 spiro atoms. The number of aliphatic hydroxyl groups is 2. The maximum Gasteiger partial charge on any atom is 0.390 e. The van der Waals surface area contributed by atoms with Gasteiger partial charge in [0.05, 0.1) is 19.1 Å². The van der Waals surface area contributed by atoms with Gasteiger partial charge in [-0.3, -0.25) is 9.88 Å². The first-order chi connectivity index (χ1) is 8.90. The van der Waals surface area contributed by atoms with Crippen molar-refractivity contribution in [2.75, 3.05) is 19.7 Å². The van der Waals surface area contributed by atoms with E-state index in [2.05, 4.69) is 4.98 Å². The Labute approximate surface area is 109 Å². The molecule has 0 saturated heterocycles. The summed E-state index contributed by atoms with van der Waals surface area (Å²) >= 11 is 0. The summed E-state index contributed by atoms with van der Waals surface area (Å²) in [5.41, 5.74) is 0.759. The zero-order valence-electron chi connectivity index (χ0n) is 10.3. The Hall–Kier alpha value is -1.18. The second-order valence-electron chi connectivity index (χ2n) is 4.30. The Morgan fingerprint density at radius 3 is 2.63 bits per heavy atom. The van der Waals surface area contributed by atoms with Crippen LogP contribution in [-0.2, 0) is 6.54 Å². The van der Waals surface area contributed by atoms with E-state index in [-0.39, 0.29) is 19.6 Å². The molecule has 0 fully saturated rings. The van der Waals surface area contributed by atoms with E-state index in [0.717, 1.165) is 5.56 Å². The maximum atomic E-state index is 12.2. The molecule has 0 unspecified atom stereocenters. The fourth-order valence-corrected chi connectivity index (χ4v) is 1.63. The van der Waals surface area contributed by atoms with Gasteiger partial charge in [-0.2, -0.15) is 13.2 Å². The number of halogens is 3. The third kappa shape index (κ3) is 7.09. The van der Waals surface area contributed by atoms with Gasteiger partial charge in [0.2, 0.25) is 0 Å². The molecule has 1 atom stereocenters. The predicted octanol–water partition coefficient (Wildman–Crippen LogP) is 1.19. The van der Waals surface area contributed by atoms with Crippen LogP contribution in [0.25, 0.3) is 0 Å². The summed E-state index contributed by atoms with van der Waals surface area (Å²) in [4.78, 5) is 5.33. The van der Waals surface area contributed by atoms with Gasteiger partial charge < -0.3 is 10.2 Å². The van der Waals surface area contributed by atoms with Crippen LogP contribution in [-0.4, -0.2) is 52.1 Å². The van der Waals surface area contributed by atoms with Crippen LogP contribution in [0.4, 0.5) is 13.2 Å². The molecule has 1 aromatic heterocycles. The summed E-state index contributed by atoms with van der Waals surface area (Å²) in [5, 5.41) is 18.1. The largest absolute Gasteiger partial charge is 0.394 e. The fourth-order valence-electron chi connectivity index (χ4n) is 1.63. The number of aromatic nitrogens is 1. The van der Waals surface area contributed by atoms with Crippen molar-refractivity contribution in [2.24, 2.45) is 0 Å². The van der Waals surface area contributed by atoms with E-state index in [1.807, 2.05) is 0 Å². The molecule has 0 aliphatic rings. The molecule has 0 aliphatic heterocycles. The lowest BCUT2D eigenvalue weighted by molar-refractivity contribution is -0.139. The number of rotatable bonds is 7. The normalized spacial score (nSPS) is 13.8. The van der Waals surface area contributed by atoms with Gasteiger partial charge in [0.25, 0.3) is 0 Å². The molecular weight excluding hydrogens is 261 g/mol. The highest BCUT2D eigenvalue weighted by Crippen LogP contribution is 2.20. The number of pyridine rings is 1. The number of alkyl halides is 3. The van der Waals surface area contributed by atoms with Gasteiger partial charge in [0, 0.05) is 32.0 Å². The van der Waals surface area contributed by atoms with E-state index >= 15 is 0 Å². The lowest BCUT2D eigenvalue weighted by Gasteiger charge is -2.24. The summed E-state index contributed by atoms with van der Waals surface area (Å²) < 4.78 is 36.7. The maximum absolute atomic E-state index is 12.2. The molecule has 1 aromatic rings. The van der Waals surface area contributed by atoms with Crippen molar-refractivity contribution in [3.63, 3.8) is 0 Å². The average molecular weight is 278 g/mol. The minimum Gasteiger partial charge on any atom is -0.394 e. The van der Waals surface area contributed by atoms with E-state index in [1.165, 1.54) is 4.90 Å². The van der Waals surface area contributed by atoms with E-state index < -0.39 is 25.3 Å². The number of aliphatic hydroxyl groups excluding tert-OH is 2. The summed E-state index contributed by atoms with van der Waals surface area (Å²) in [6, 6.07) is 3.44. The molecule has 108 valence electrons. The highest BCUT2D eigenvalue weighted by atomic mass is 19.4. The van der Waals surface area contributed by atoms with Gasteiger partial charge in [-0.1, -0.05) is 6.07 Å². The van der Waals surface area contributed by atoms with Crippen molar-refractivity contribution < 1.29 is 23.4 Å². The molecule has 0 amide bonds.